The van der Waals surface area contributed by atoms with Gasteiger partial charge in [-0.25, -0.2) is 4.98 Å². The van der Waals surface area contributed by atoms with Gasteiger partial charge >= 0.3 is 0 Å². The van der Waals surface area contributed by atoms with Crippen LogP contribution in [0, 0.1) is 0 Å². The van der Waals surface area contributed by atoms with Gasteiger partial charge in [0.2, 0.25) is 0 Å². The van der Waals surface area contributed by atoms with Crippen molar-refractivity contribution in [2.24, 2.45) is 5.73 Å². The van der Waals surface area contributed by atoms with Gasteiger partial charge in [-0.3, -0.25) is 0 Å². The molecule has 3 rings (SSSR count). The van der Waals surface area contributed by atoms with E-state index >= 15 is 0 Å². The van der Waals surface area contributed by atoms with Gasteiger partial charge in [-0.1, -0.05) is 66.8 Å². The molecule has 3 aromatic rings. The Morgan fingerprint density at radius 3 is 2.55 bits per heavy atom. The first kappa shape index (κ1) is 14.5. The number of aromatic nitrogens is 2. The minimum atomic E-state index is 0.431. The van der Waals surface area contributed by atoms with E-state index in [1.165, 1.54) is 5.56 Å². The van der Waals surface area contributed by atoms with E-state index in [9.17, 15) is 0 Å². The van der Waals surface area contributed by atoms with Crippen molar-refractivity contribution in [1.29, 1.82) is 0 Å². The smallest absolute Gasteiger partial charge is 0.113 e. The normalized spacial score (nSPS) is 10.5. The van der Waals surface area contributed by atoms with Crippen LogP contribution in [0.25, 0.3) is 0 Å². The van der Waals surface area contributed by atoms with Crippen LogP contribution in [0.3, 0.4) is 0 Å². The molecule has 0 amide bonds. The fourth-order valence-electron chi connectivity index (χ4n) is 2.51. The van der Waals surface area contributed by atoms with Gasteiger partial charge in [0.15, 0.2) is 0 Å². The van der Waals surface area contributed by atoms with E-state index in [1.54, 1.807) is 0 Å². The lowest BCUT2D eigenvalue weighted by Crippen LogP contribution is -2.14. The molecule has 0 aliphatic carbocycles. The Morgan fingerprint density at radius 2 is 1.77 bits per heavy atom. The van der Waals surface area contributed by atoms with Gasteiger partial charge in [0.25, 0.3) is 0 Å². The van der Waals surface area contributed by atoms with Crippen molar-refractivity contribution >= 4 is 17.2 Å². The third-order valence-electron chi connectivity index (χ3n) is 3.63. The molecule has 0 spiro atoms. The Balaban J connectivity index is 1.86. The van der Waals surface area contributed by atoms with Gasteiger partial charge in [0, 0.05) is 30.9 Å². The monoisotopic (exact) mass is 307 g/mol. The maximum atomic E-state index is 5.81. The molecule has 4 heteroatoms. The predicted molar refractivity (Wildman–Crippen MR) is 92.9 cm³/mol. The molecule has 2 aromatic carbocycles. The zero-order valence-electron chi connectivity index (χ0n) is 12.1. The highest BCUT2D eigenvalue weighted by molar-refractivity contribution is 7.80. The summed E-state index contributed by atoms with van der Waals surface area (Å²) in [6.45, 7) is 0.718. The summed E-state index contributed by atoms with van der Waals surface area (Å²) in [4.78, 5) is 4.91. The zero-order chi connectivity index (χ0) is 15.4. The van der Waals surface area contributed by atoms with Crippen LogP contribution in [0.1, 0.15) is 22.5 Å². The highest BCUT2D eigenvalue weighted by Crippen LogP contribution is 2.14. The molecule has 0 aliphatic heterocycles. The number of nitrogens with zero attached hydrogens (tertiary/aromatic N) is 2. The maximum absolute atomic E-state index is 5.81. The lowest BCUT2D eigenvalue weighted by atomic mass is 10.1. The molecule has 0 atom stereocenters. The molecule has 0 unspecified atom stereocenters. The molecule has 1 heterocycles. The Morgan fingerprint density at radius 1 is 1.05 bits per heavy atom. The summed E-state index contributed by atoms with van der Waals surface area (Å²) < 4.78 is 2.14. The minimum Gasteiger partial charge on any atom is -0.389 e. The van der Waals surface area contributed by atoms with Crippen LogP contribution in [0.15, 0.2) is 67.0 Å². The summed E-state index contributed by atoms with van der Waals surface area (Å²) in [5.41, 5.74) is 9.10. The first-order valence-corrected chi connectivity index (χ1v) is 7.56. The number of hydrogen-bond donors (Lipinski definition) is 1. The van der Waals surface area contributed by atoms with Gasteiger partial charge in [-0.05, 0) is 11.1 Å². The van der Waals surface area contributed by atoms with Crippen LogP contribution in [0.5, 0.6) is 0 Å². The van der Waals surface area contributed by atoms with Crippen LogP contribution in [0.4, 0.5) is 0 Å². The summed E-state index contributed by atoms with van der Waals surface area (Å²) in [6.07, 6.45) is 4.64. The third-order valence-corrected chi connectivity index (χ3v) is 3.85. The average molecular weight is 307 g/mol. The second-order valence-electron chi connectivity index (χ2n) is 5.16. The number of imidazole rings is 1. The van der Waals surface area contributed by atoms with Crippen molar-refractivity contribution in [3.05, 3.63) is 89.5 Å². The molecule has 2 N–H and O–H groups in total. The minimum absolute atomic E-state index is 0.431. The van der Waals surface area contributed by atoms with E-state index in [2.05, 4.69) is 27.8 Å². The number of hydrogen-bond acceptors (Lipinski definition) is 2. The summed E-state index contributed by atoms with van der Waals surface area (Å²) >= 11 is 5.14. The van der Waals surface area contributed by atoms with Gasteiger partial charge in [0.1, 0.15) is 10.8 Å². The summed E-state index contributed by atoms with van der Waals surface area (Å²) in [7, 11) is 0. The zero-order valence-corrected chi connectivity index (χ0v) is 13.0. The molecule has 110 valence electrons. The maximum Gasteiger partial charge on any atom is 0.113 e. The van der Waals surface area contributed by atoms with Crippen molar-refractivity contribution in [3.8, 4) is 0 Å². The van der Waals surface area contributed by atoms with Crippen molar-refractivity contribution in [2.75, 3.05) is 0 Å². The predicted octanol–water partition coefficient (Wildman–Crippen LogP) is 3.16. The van der Waals surface area contributed by atoms with Crippen LogP contribution in [0.2, 0.25) is 0 Å². The van der Waals surface area contributed by atoms with E-state index in [-0.39, 0.29) is 0 Å². The lowest BCUT2D eigenvalue weighted by Gasteiger charge is -2.11. The summed E-state index contributed by atoms with van der Waals surface area (Å²) in [5, 5.41) is 0. The average Bonchev–Trinajstić information content (AvgIpc) is 2.96. The highest BCUT2D eigenvalue weighted by Gasteiger charge is 2.08. The van der Waals surface area contributed by atoms with E-state index < -0.39 is 0 Å². The molecule has 0 aliphatic rings. The van der Waals surface area contributed by atoms with Crippen molar-refractivity contribution in [1.82, 2.24) is 9.55 Å². The van der Waals surface area contributed by atoms with Crippen molar-refractivity contribution in [3.63, 3.8) is 0 Å². The fraction of sp³-hybridized carbons (Fsp3) is 0.111. The topological polar surface area (TPSA) is 43.8 Å². The van der Waals surface area contributed by atoms with Crippen LogP contribution in [-0.2, 0) is 13.0 Å². The number of nitrogens with two attached hydrogens (primary N) is 1. The summed E-state index contributed by atoms with van der Waals surface area (Å²) in [6, 6.07) is 18.3. The van der Waals surface area contributed by atoms with E-state index in [0.717, 1.165) is 29.9 Å². The Hall–Kier alpha value is -2.46. The van der Waals surface area contributed by atoms with Crippen molar-refractivity contribution in [2.45, 2.75) is 13.0 Å². The first-order valence-electron chi connectivity index (χ1n) is 7.15. The molecule has 0 saturated carbocycles. The Kier molecular flexibility index (Phi) is 4.30. The van der Waals surface area contributed by atoms with E-state index in [0.29, 0.717) is 4.99 Å². The van der Waals surface area contributed by atoms with Gasteiger partial charge in [-0.2, -0.15) is 0 Å². The second kappa shape index (κ2) is 6.54. The fourth-order valence-corrected chi connectivity index (χ4v) is 2.71. The quantitative estimate of drug-likeness (QED) is 0.736. The number of benzene rings is 2. The van der Waals surface area contributed by atoms with Crippen LogP contribution < -0.4 is 5.73 Å². The van der Waals surface area contributed by atoms with Gasteiger partial charge in [-0.15, -0.1) is 0 Å². The Labute approximate surface area is 135 Å². The Bertz CT molecular complexity index is 778. The molecule has 3 nitrogen and oxygen atoms in total. The molecule has 22 heavy (non-hydrogen) atoms. The van der Waals surface area contributed by atoms with Crippen molar-refractivity contribution < 1.29 is 0 Å². The number of thiocarbonyl (C=S) groups is 1. The molecule has 0 fully saturated rings. The molecular weight excluding hydrogens is 290 g/mol. The first-order chi connectivity index (χ1) is 10.7. The van der Waals surface area contributed by atoms with Gasteiger partial charge in [0.05, 0.1) is 0 Å². The third kappa shape index (κ3) is 3.23. The standard InChI is InChI=1S/C18H17N3S/c19-18(22)16-9-5-4-8-15(16)13-21-11-10-20-17(21)12-14-6-2-1-3-7-14/h1-11H,12-13H2,(H2,19,22). The van der Waals surface area contributed by atoms with Gasteiger partial charge < -0.3 is 10.3 Å². The molecule has 0 saturated heterocycles. The molecular formula is C18H17N3S. The SMILES string of the molecule is NC(=S)c1ccccc1Cn1ccnc1Cc1ccccc1. The second-order valence-corrected chi connectivity index (χ2v) is 5.59. The van der Waals surface area contributed by atoms with Crippen LogP contribution >= 0.6 is 12.2 Å². The molecule has 1 aromatic heterocycles. The largest absolute Gasteiger partial charge is 0.389 e. The lowest BCUT2D eigenvalue weighted by molar-refractivity contribution is 0.740. The number of rotatable bonds is 5. The van der Waals surface area contributed by atoms with E-state index in [1.807, 2.05) is 48.8 Å². The highest BCUT2D eigenvalue weighted by atomic mass is 32.1. The molecule has 0 radical (unpaired) electrons. The van der Waals surface area contributed by atoms with Crippen LogP contribution in [-0.4, -0.2) is 14.5 Å². The molecule has 0 bridgehead atoms. The van der Waals surface area contributed by atoms with E-state index in [4.69, 9.17) is 18.0 Å². The summed E-state index contributed by atoms with van der Waals surface area (Å²) in [5.74, 6) is 1.03.